The molecule has 0 bridgehead atoms. The second-order valence-corrected chi connectivity index (χ2v) is 7.27. The summed E-state index contributed by atoms with van der Waals surface area (Å²) < 4.78 is 6.42. The van der Waals surface area contributed by atoms with Crippen molar-refractivity contribution in [3.63, 3.8) is 0 Å². The maximum Gasteiger partial charge on any atom is 0.330 e. The lowest BCUT2D eigenvalue weighted by atomic mass is 9.79. The Bertz CT molecular complexity index is 1180. The SMILES string of the molecule is COCCn1c(=O)[nH]c(=O)c2c3c(cnc21)C(=O)C[C@H](c1ccc(Cl)cc1)C3. The van der Waals surface area contributed by atoms with Crippen LogP contribution in [-0.4, -0.2) is 34.0 Å². The molecular weight excluding hydrogens is 382 g/mol. The minimum absolute atomic E-state index is 0.0651. The number of nitrogens with zero attached hydrogens (tertiary/aromatic N) is 2. The van der Waals surface area contributed by atoms with Crippen LogP contribution in [0.15, 0.2) is 40.1 Å². The Hall–Kier alpha value is -2.77. The monoisotopic (exact) mass is 399 g/mol. The molecule has 1 aliphatic carbocycles. The molecule has 0 fully saturated rings. The molecule has 0 amide bonds. The maximum absolute atomic E-state index is 12.7. The summed E-state index contributed by atoms with van der Waals surface area (Å²) in [4.78, 5) is 44.2. The van der Waals surface area contributed by atoms with Crippen LogP contribution >= 0.6 is 11.6 Å². The van der Waals surface area contributed by atoms with E-state index in [1.54, 1.807) is 12.1 Å². The third-order valence-electron chi connectivity index (χ3n) is 5.16. The molecule has 2 heterocycles. The van der Waals surface area contributed by atoms with Gasteiger partial charge in [0.05, 0.1) is 18.5 Å². The quantitative estimate of drug-likeness (QED) is 0.726. The van der Waals surface area contributed by atoms with Gasteiger partial charge < -0.3 is 4.74 Å². The van der Waals surface area contributed by atoms with E-state index in [0.29, 0.717) is 41.0 Å². The summed E-state index contributed by atoms with van der Waals surface area (Å²) >= 11 is 5.97. The van der Waals surface area contributed by atoms with E-state index in [2.05, 4.69) is 9.97 Å². The first-order chi connectivity index (χ1) is 13.5. The first-order valence-electron chi connectivity index (χ1n) is 8.92. The number of H-pyrrole nitrogens is 1. The molecule has 1 aromatic carbocycles. The number of fused-ring (bicyclic) bond motifs is 3. The molecule has 1 N–H and O–H groups in total. The van der Waals surface area contributed by atoms with E-state index in [4.69, 9.17) is 16.3 Å². The highest BCUT2D eigenvalue weighted by Gasteiger charge is 2.29. The zero-order valence-electron chi connectivity index (χ0n) is 15.2. The Morgan fingerprint density at radius 2 is 1.96 bits per heavy atom. The Balaban J connectivity index is 1.89. The van der Waals surface area contributed by atoms with E-state index in [1.165, 1.54) is 17.9 Å². The van der Waals surface area contributed by atoms with Crippen LogP contribution < -0.4 is 11.2 Å². The molecule has 1 aliphatic rings. The second-order valence-electron chi connectivity index (χ2n) is 6.83. The highest BCUT2D eigenvalue weighted by molar-refractivity contribution is 6.30. The van der Waals surface area contributed by atoms with E-state index in [1.807, 2.05) is 12.1 Å². The number of hydrogen-bond donors (Lipinski definition) is 1. The van der Waals surface area contributed by atoms with Gasteiger partial charge in [0.25, 0.3) is 5.56 Å². The van der Waals surface area contributed by atoms with Crippen LogP contribution in [0, 0.1) is 0 Å². The number of carbonyl (C=O) groups excluding carboxylic acids is 1. The molecule has 0 radical (unpaired) electrons. The molecule has 4 rings (SSSR count). The van der Waals surface area contributed by atoms with Gasteiger partial charge in [-0.3, -0.25) is 19.1 Å². The lowest BCUT2D eigenvalue weighted by molar-refractivity contribution is 0.0964. The number of carbonyl (C=O) groups is 1. The number of pyridine rings is 1. The maximum atomic E-state index is 12.7. The number of aromatic nitrogens is 3. The largest absolute Gasteiger partial charge is 0.383 e. The van der Waals surface area contributed by atoms with Gasteiger partial charge in [0.2, 0.25) is 0 Å². The van der Waals surface area contributed by atoms with E-state index < -0.39 is 11.2 Å². The Kier molecular flexibility index (Phi) is 4.87. The number of nitrogens with one attached hydrogen (secondary N) is 1. The Labute approximate surface area is 164 Å². The van der Waals surface area contributed by atoms with E-state index in [9.17, 15) is 14.4 Å². The van der Waals surface area contributed by atoms with Crippen LogP contribution in [0.1, 0.15) is 33.8 Å². The van der Waals surface area contributed by atoms with Crippen LogP contribution in [0.25, 0.3) is 11.0 Å². The number of ether oxygens (including phenoxy) is 1. The third-order valence-corrected chi connectivity index (χ3v) is 5.41. The fourth-order valence-corrected chi connectivity index (χ4v) is 3.90. The molecular formula is C20H18ClN3O4. The van der Waals surface area contributed by atoms with Crippen molar-refractivity contribution in [3.8, 4) is 0 Å². The molecule has 0 aliphatic heterocycles. The highest BCUT2D eigenvalue weighted by Crippen LogP contribution is 2.35. The van der Waals surface area contributed by atoms with Gasteiger partial charge >= 0.3 is 5.69 Å². The van der Waals surface area contributed by atoms with Gasteiger partial charge in [-0.1, -0.05) is 23.7 Å². The topological polar surface area (TPSA) is 94.1 Å². The number of ketones is 1. The molecule has 7 nitrogen and oxygen atoms in total. The van der Waals surface area contributed by atoms with Crippen molar-refractivity contribution in [2.24, 2.45) is 0 Å². The van der Waals surface area contributed by atoms with Crippen molar-refractivity contribution >= 4 is 28.4 Å². The van der Waals surface area contributed by atoms with Crippen molar-refractivity contribution < 1.29 is 9.53 Å². The first kappa shape index (κ1) is 18.6. The number of aromatic amines is 1. The fourth-order valence-electron chi connectivity index (χ4n) is 3.77. The van der Waals surface area contributed by atoms with Crippen molar-refractivity contribution in [2.45, 2.75) is 25.3 Å². The van der Waals surface area contributed by atoms with Gasteiger partial charge in [-0.2, -0.15) is 0 Å². The van der Waals surface area contributed by atoms with Gasteiger partial charge in [0, 0.05) is 30.3 Å². The zero-order valence-corrected chi connectivity index (χ0v) is 16.0. The van der Waals surface area contributed by atoms with Gasteiger partial charge in [-0.05, 0) is 35.6 Å². The molecule has 1 atom stereocenters. The number of hydrogen-bond acceptors (Lipinski definition) is 5. The Morgan fingerprint density at radius 3 is 2.68 bits per heavy atom. The fraction of sp³-hybridized carbons (Fsp3) is 0.300. The predicted octanol–water partition coefficient (Wildman–Crippen LogP) is 2.30. The molecule has 0 unspecified atom stereocenters. The third kappa shape index (κ3) is 3.16. The van der Waals surface area contributed by atoms with Crippen molar-refractivity contribution in [1.82, 2.24) is 14.5 Å². The molecule has 8 heteroatoms. The van der Waals surface area contributed by atoms with Crippen LogP contribution in [0.2, 0.25) is 5.02 Å². The predicted molar refractivity (Wildman–Crippen MR) is 105 cm³/mol. The molecule has 3 aromatic rings. The number of halogens is 1. The summed E-state index contributed by atoms with van der Waals surface area (Å²) in [6, 6.07) is 7.37. The molecule has 28 heavy (non-hydrogen) atoms. The first-order valence-corrected chi connectivity index (χ1v) is 9.29. The van der Waals surface area contributed by atoms with Crippen molar-refractivity contribution in [3.05, 3.63) is 73.0 Å². The summed E-state index contributed by atoms with van der Waals surface area (Å²) in [6.07, 6.45) is 2.32. The summed E-state index contributed by atoms with van der Waals surface area (Å²) in [6.45, 7) is 0.551. The lowest BCUT2D eigenvalue weighted by Crippen LogP contribution is -2.33. The molecule has 0 saturated heterocycles. The number of benzene rings is 1. The van der Waals surface area contributed by atoms with Gasteiger partial charge in [-0.15, -0.1) is 0 Å². The molecule has 2 aromatic heterocycles. The summed E-state index contributed by atoms with van der Waals surface area (Å²) in [5, 5.41) is 0.916. The van der Waals surface area contributed by atoms with Gasteiger partial charge in [0.15, 0.2) is 5.78 Å². The lowest BCUT2D eigenvalue weighted by Gasteiger charge is -2.25. The summed E-state index contributed by atoms with van der Waals surface area (Å²) in [7, 11) is 1.53. The van der Waals surface area contributed by atoms with Crippen LogP contribution in [0.4, 0.5) is 0 Å². The smallest absolute Gasteiger partial charge is 0.330 e. The van der Waals surface area contributed by atoms with E-state index in [-0.39, 0.29) is 23.9 Å². The van der Waals surface area contributed by atoms with Crippen LogP contribution in [-0.2, 0) is 17.7 Å². The average Bonchev–Trinajstić information content (AvgIpc) is 2.67. The normalized spacial score (nSPS) is 16.4. The number of rotatable bonds is 4. The van der Waals surface area contributed by atoms with E-state index in [0.717, 1.165) is 5.56 Å². The highest BCUT2D eigenvalue weighted by atomic mass is 35.5. The van der Waals surface area contributed by atoms with Crippen LogP contribution in [0.3, 0.4) is 0 Å². The second kappa shape index (κ2) is 7.33. The number of methoxy groups -OCH3 is 1. The minimum Gasteiger partial charge on any atom is -0.383 e. The van der Waals surface area contributed by atoms with Gasteiger partial charge in [0.1, 0.15) is 5.65 Å². The minimum atomic E-state index is -0.543. The molecule has 144 valence electrons. The molecule has 0 saturated carbocycles. The zero-order chi connectivity index (χ0) is 19.8. The molecule has 0 spiro atoms. The standard InChI is InChI=1S/C20H18ClN3O4/c1-28-7-6-24-18-17(19(26)23-20(24)27)14-8-12(9-16(25)15(14)10-22-18)11-2-4-13(21)5-3-11/h2-5,10,12H,6-9H2,1H3,(H,23,26,27)/t12-/m1/s1. The van der Waals surface area contributed by atoms with E-state index >= 15 is 0 Å². The van der Waals surface area contributed by atoms with Crippen molar-refractivity contribution in [2.75, 3.05) is 13.7 Å². The summed E-state index contributed by atoms with van der Waals surface area (Å²) in [5.74, 6) is -0.133. The summed E-state index contributed by atoms with van der Waals surface area (Å²) in [5.41, 5.74) is 1.27. The number of Topliss-reactive ketones (excluding diaryl/α,β-unsaturated/α-hetero) is 1. The van der Waals surface area contributed by atoms with Crippen LogP contribution in [0.5, 0.6) is 0 Å². The Morgan fingerprint density at radius 1 is 1.21 bits per heavy atom. The van der Waals surface area contributed by atoms with Crippen molar-refractivity contribution in [1.29, 1.82) is 0 Å². The van der Waals surface area contributed by atoms with Gasteiger partial charge in [-0.25, -0.2) is 9.78 Å². The average molecular weight is 400 g/mol.